The van der Waals surface area contributed by atoms with Crippen LogP contribution in [0.4, 0.5) is 16.3 Å². The molecule has 3 heterocycles. The van der Waals surface area contributed by atoms with E-state index in [0.29, 0.717) is 29.3 Å². The van der Waals surface area contributed by atoms with E-state index >= 15 is 0 Å². The van der Waals surface area contributed by atoms with Gasteiger partial charge in [-0.15, -0.1) is 0 Å². The molecule has 0 saturated heterocycles. The van der Waals surface area contributed by atoms with Gasteiger partial charge in [0.05, 0.1) is 36.8 Å². The highest BCUT2D eigenvalue weighted by Crippen LogP contribution is 2.20. The highest BCUT2D eigenvalue weighted by molar-refractivity contribution is 6.06. The van der Waals surface area contributed by atoms with Crippen molar-refractivity contribution in [1.29, 1.82) is 0 Å². The van der Waals surface area contributed by atoms with E-state index in [2.05, 4.69) is 31.3 Å². The van der Waals surface area contributed by atoms with Gasteiger partial charge in [0, 0.05) is 17.8 Å². The molecule has 1 aliphatic rings. The summed E-state index contributed by atoms with van der Waals surface area (Å²) in [6, 6.07) is 9.93. The third kappa shape index (κ3) is 5.12. The highest BCUT2D eigenvalue weighted by Gasteiger charge is 2.15. The zero-order valence-electron chi connectivity index (χ0n) is 18.5. The van der Waals surface area contributed by atoms with Gasteiger partial charge in [-0.05, 0) is 44.2 Å². The lowest BCUT2D eigenvalue weighted by molar-refractivity contribution is 0.0944. The van der Waals surface area contributed by atoms with Gasteiger partial charge < -0.3 is 20.7 Å². The molecule has 0 bridgehead atoms. The molecule has 0 unspecified atom stereocenters. The second kappa shape index (κ2) is 9.43. The lowest BCUT2D eigenvalue weighted by Gasteiger charge is -2.13. The first-order chi connectivity index (χ1) is 15.9. The first-order valence-electron chi connectivity index (χ1n) is 10.5. The van der Waals surface area contributed by atoms with E-state index in [-0.39, 0.29) is 11.9 Å². The number of methoxy groups -OCH3 is 1. The molecule has 3 amide bonds. The number of hydrogen-bond donors (Lipinski definition) is 4. The summed E-state index contributed by atoms with van der Waals surface area (Å²) in [5.74, 6) is 0.870. The molecule has 0 spiro atoms. The quantitative estimate of drug-likeness (QED) is 0.461. The Morgan fingerprint density at radius 1 is 1.15 bits per heavy atom. The zero-order chi connectivity index (χ0) is 23.4. The fourth-order valence-electron chi connectivity index (χ4n) is 3.30. The molecule has 10 heteroatoms. The Morgan fingerprint density at radius 2 is 1.97 bits per heavy atom. The average Bonchev–Trinajstić information content (AvgIpc) is 3.20. The minimum Gasteiger partial charge on any atom is -0.499 e. The summed E-state index contributed by atoms with van der Waals surface area (Å²) in [5.41, 5.74) is 2.95. The number of carbonyl (C=O) groups is 2. The molecule has 170 valence electrons. The number of nitrogens with zero attached hydrogens (tertiary/aromatic N) is 3. The molecule has 1 aliphatic heterocycles. The number of nitrogens with one attached hydrogen (secondary N) is 4. The predicted molar refractivity (Wildman–Crippen MR) is 126 cm³/mol. The maximum atomic E-state index is 12.6. The van der Waals surface area contributed by atoms with Crippen LogP contribution in [-0.4, -0.2) is 46.2 Å². The van der Waals surface area contributed by atoms with E-state index in [0.717, 1.165) is 17.0 Å². The topological polar surface area (TPSA) is 122 Å². The Kier molecular flexibility index (Phi) is 6.25. The predicted octanol–water partition coefficient (Wildman–Crippen LogP) is 2.99. The van der Waals surface area contributed by atoms with E-state index in [4.69, 9.17) is 4.74 Å². The second-order valence-electron chi connectivity index (χ2n) is 7.70. The summed E-state index contributed by atoms with van der Waals surface area (Å²) in [5, 5.41) is 15.9. The molecule has 1 aromatic carbocycles. The number of rotatable bonds is 6. The number of ether oxygens (including phenoxy) is 1. The molecule has 3 aromatic rings. The van der Waals surface area contributed by atoms with Crippen LogP contribution in [0.5, 0.6) is 0 Å². The molecular formula is C23H25N7O3. The van der Waals surface area contributed by atoms with Crippen LogP contribution in [0.25, 0.3) is 11.2 Å². The number of amides is 3. The number of dihydropyridines is 1. The fraction of sp³-hybridized carbons (Fsp3) is 0.217. The molecular weight excluding hydrogens is 422 g/mol. The number of allylic oxidation sites excluding steroid dienone is 2. The van der Waals surface area contributed by atoms with Gasteiger partial charge in [-0.3, -0.25) is 10.1 Å². The third-order valence-electron chi connectivity index (χ3n) is 4.81. The van der Waals surface area contributed by atoms with Crippen LogP contribution in [-0.2, 0) is 4.74 Å². The summed E-state index contributed by atoms with van der Waals surface area (Å²) in [6.45, 7) is 4.37. The summed E-state index contributed by atoms with van der Waals surface area (Å²) in [7, 11) is 1.63. The number of anilines is 2. The summed E-state index contributed by atoms with van der Waals surface area (Å²) in [6.07, 6.45) is 5.40. The first kappa shape index (κ1) is 21.9. The van der Waals surface area contributed by atoms with Crippen LogP contribution in [0.3, 0.4) is 0 Å². The number of fused-ring (bicyclic) bond motifs is 1. The normalized spacial score (nSPS) is 13.1. The molecule has 0 saturated carbocycles. The first-order valence-corrected chi connectivity index (χ1v) is 10.5. The van der Waals surface area contributed by atoms with Crippen molar-refractivity contribution in [2.75, 3.05) is 24.3 Å². The number of imidazole rings is 1. The van der Waals surface area contributed by atoms with Crippen LogP contribution in [0.2, 0.25) is 0 Å². The van der Waals surface area contributed by atoms with Gasteiger partial charge in [0.15, 0.2) is 11.5 Å². The molecule has 0 radical (unpaired) electrons. The van der Waals surface area contributed by atoms with Crippen molar-refractivity contribution in [3.63, 3.8) is 0 Å². The van der Waals surface area contributed by atoms with Gasteiger partial charge in [0.1, 0.15) is 5.76 Å². The highest BCUT2D eigenvalue weighted by atomic mass is 16.5. The van der Waals surface area contributed by atoms with Crippen molar-refractivity contribution in [1.82, 2.24) is 25.2 Å². The van der Waals surface area contributed by atoms with Crippen molar-refractivity contribution in [2.24, 2.45) is 0 Å². The molecule has 0 aliphatic carbocycles. The Morgan fingerprint density at radius 3 is 2.76 bits per heavy atom. The minimum atomic E-state index is -0.518. The minimum absolute atomic E-state index is 0.0218. The summed E-state index contributed by atoms with van der Waals surface area (Å²) >= 11 is 0. The van der Waals surface area contributed by atoms with E-state index < -0.39 is 6.03 Å². The molecule has 2 aromatic heterocycles. The molecule has 4 rings (SSSR count). The Bertz CT molecular complexity index is 1260. The van der Waals surface area contributed by atoms with E-state index in [1.54, 1.807) is 42.1 Å². The number of hydrogen-bond acceptors (Lipinski definition) is 6. The van der Waals surface area contributed by atoms with Crippen molar-refractivity contribution in [3.8, 4) is 0 Å². The van der Waals surface area contributed by atoms with Crippen molar-refractivity contribution < 1.29 is 14.3 Å². The number of urea groups is 1. The lowest BCUT2D eigenvalue weighted by atomic mass is 10.1. The van der Waals surface area contributed by atoms with Gasteiger partial charge in [-0.25, -0.2) is 14.3 Å². The average molecular weight is 447 g/mol. The third-order valence-corrected chi connectivity index (χ3v) is 4.81. The zero-order valence-corrected chi connectivity index (χ0v) is 18.5. The molecule has 33 heavy (non-hydrogen) atoms. The van der Waals surface area contributed by atoms with Crippen molar-refractivity contribution in [2.45, 2.75) is 19.9 Å². The monoisotopic (exact) mass is 447 g/mol. The van der Waals surface area contributed by atoms with Crippen LogP contribution in [0.1, 0.15) is 29.9 Å². The second-order valence-corrected chi connectivity index (χ2v) is 7.70. The molecule has 0 atom stereocenters. The van der Waals surface area contributed by atoms with Crippen molar-refractivity contribution in [3.05, 3.63) is 71.9 Å². The van der Waals surface area contributed by atoms with Crippen molar-refractivity contribution >= 4 is 34.7 Å². The molecule has 10 nitrogen and oxygen atoms in total. The van der Waals surface area contributed by atoms with Gasteiger partial charge in [-0.1, -0.05) is 12.1 Å². The molecule has 0 fully saturated rings. The number of para-hydroxylation sites is 1. The summed E-state index contributed by atoms with van der Waals surface area (Å²) in [4.78, 5) is 29.4. The number of benzene rings is 1. The Labute approximate surface area is 190 Å². The van der Waals surface area contributed by atoms with Gasteiger partial charge in [-0.2, -0.15) is 5.10 Å². The van der Waals surface area contributed by atoms with Gasteiger partial charge >= 0.3 is 6.03 Å². The maximum Gasteiger partial charge on any atom is 0.324 e. The maximum absolute atomic E-state index is 12.6. The van der Waals surface area contributed by atoms with Gasteiger partial charge in [0.2, 0.25) is 0 Å². The Balaban J connectivity index is 1.49. The van der Waals surface area contributed by atoms with Crippen LogP contribution >= 0.6 is 0 Å². The summed E-state index contributed by atoms with van der Waals surface area (Å²) < 4.78 is 6.89. The van der Waals surface area contributed by atoms with E-state index in [1.807, 2.05) is 38.3 Å². The van der Waals surface area contributed by atoms with Crippen LogP contribution < -0.4 is 21.3 Å². The fourth-order valence-corrected chi connectivity index (χ4v) is 3.30. The Hall–Kier alpha value is -4.34. The smallest absolute Gasteiger partial charge is 0.324 e. The van der Waals surface area contributed by atoms with E-state index in [1.165, 1.54) is 0 Å². The van der Waals surface area contributed by atoms with E-state index in [9.17, 15) is 9.59 Å². The lowest BCUT2D eigenvalue weighted by Crippen LogP contribution is -2.31. The standard InChI is InChI=1S/C23H25N7O3/c1-14(2)25-22(31)17-6-4-5-7-19(17)26-23(32)28-20-13-30-21(27-20)9-8-18(29-30)15-10-16(33-3)12-24-11-15/h4-11,13-14,24H,12H2,1-3H3,(H,25,31)(H2,26,28,32). The SMILES string of the molecule is COC1=CC(c2ccc3nc(NC(=O)Nc4ccccc4C(=O)NC(C)C)cn3n2)=CNC1. The number of carbonyl (C=O) groups excluding carboxylic acids is 2. The van der Waals surface area contributed by atoms with Crippen LogP contribution in [0.15, 0.2) is 60.6 Å². The largest absolute Gasteiger partial charge is 0.499 e. The number of aromatic nitrogens is 3. The molecule has 4 N–H and O–H groups in total. The van der Waals surface area contributed by atoms with Gasteiger partial charge in [0.25, 0.3) is 5.91 Å². The van der Waals surface area contributed by atoms with Crippen LogP contribution in [0, 0.1) is 0 Å².